The van der Waals surface area contributed by atoms with Crippen LogP contribution in [0.15, 0.2) is 54.7 Å². The molecule has 1 unspecified atom stereocenters. The third-order valence-corrected chi connectivity index (χ3v) is 12.5. The minimum Gasteiger partial charge on any atom is -0.508 e. The molecule has 64 heavy (non-hydrogen) atoms. The molecule has 16 heteroatoms. The molecule has 2 fully saturated rings. The first kappa shape index (κ1) is 46.2. The number of phenols is 1. The van der Waals surface area contributed by atoms with Crippen molar-refractivity contribution in [3.05, 3.63) is 71.5 Å². The molecule has 3 aliphatic rings. The molecular formula is C48H62N8O8. The number of aryl methyl sites for hydroxylation is 1. The lowest BCUT2D eigenvalue weighted by molar-refractivity contribution is -0.155. The summed E-state index contributed by atoms with van der Waals surface area (Å²) >= 11 is 0. The number of hydrogen-bond acceptors (Lipinski definition) is 11. The van der Waals surface area contributed by atoms with Crippen LogP contribution in [0.2, 0.25) is 0 Å². The van der Waals surface area contributed by atoms with Crippen LogP contribution in [0, 0.1) is 11.3 Å². The zero-order chi connectivity index (χ0) is 46.0. The molecule has 0 radical (unpaired) electrons. The molecule has 2 aromatic carbocycles. The molecule has 0 spiro atoms. The van der Waals surface area contributed by atoms with Gasteiger partial charge in [-0.15, -0.1) is 0 Å². The monoisotopic (exact) mass is 878 g/mol. The predicted molar refractivity (Wildman–Crippen MR) is 242 cm³/mol. The van der Waals surface area contributed by atoms with Gasteiger partial charge in [0.2, 0.25) is 17.7 Å². The second-order valence-corrected chi connectivity index (χ2v) is 18.4. The van der Waals surface area contributed by atoms with Crippen LogP contribution in [0.4, 0.5) is 0 Å². The Morgan fingerprint density at radius 3 is 2.56 bits per heavy atom. The second-order valence-electron chi connectivity index (χ2n) is 18.4. The number of nitrogens with one attached hydrogen (secondary N) is 4. The highest BCUT2D eigenvalue weighted by Crippen LogP contribution is 2.42. The number of amides is 4. The standard InChI is InChI=1S/C48H62N8O8/c1-9-55-39-15-14-30-22-34(39)35(43(55)33-12-10-16-49-41(33)28(4)63-8)23-48(5,6)26-64-47(62)36-13-11-17-56(53-36)46(61)37(20-29-18-31(30)21-32(57)19-29)52-45(60)42(27(2)3)54(7)40(58)25-51-44(59)38-24-50-38/h10,12,14-16,18-19,21-22,27-28,36-38,42,50,53,57H,9,11,13,17,20,23-26H2,1-8H3,(H,51,59)(H,52,60)/t28-,36-,37-,38-,42?/m0/s1. The van der Waals surface area contributed by atoms with E-state index in [0.717, 1.165) is 39.0 Å². The summed E-state index contributed by atoms with van der Waals surface area (Å²) in [6.45, 7) is 13.1. The number of carbonyl (C=O) groups excluding carboxylic acids is 5. The van der Waals surface area contributed by atoms with Crippen LogP contribution in [0.3, 0.4) is 0 Å². The van der Waals surface area contributed by atoms with Gasteiger partial charge in [-0.2, -0.15) is 0 Å². The van der Waals surface area contributed by atoms with E-state index in [4.69, 9.17) is 14.5 Å². The van der Waals surface area contributed by atoms with Crippen molar-refractivity contribution in [3.8, 4) is 28.1 Å². The lowest BCUT2D eigenvalue weighted by Crippen LogP contribution is -2.62. The number of aromatic hydroxyl groups is 1. The van der Waals surface area contributed by atoms with Crippen molar-refractivity contribution >= 4 is 40.5 Å². The molecule has 5 N–H and O–H groups in total. The van der Waals surface area contributed by atoms with Crippen LogP contribution >= 0.6 is 0 Å². The number of cyclic esters (lactones) is 1. The molecule has 2 saturated heterocycles. The lowest BCUT2D eigenvalue weighted by Gasteiger charge is -2.36. The minimum absolute atomic E-state index is 0.0194. The highest BCUT2D eigenvalue weighted by molar-refractivity contribution is 5.96. The van der Waals surface area contributed by atoms with E-state index in [1.807, 2.05) is 25.1 Å². The van der Waals surface area contributed by atoms with Gasteiger partial charge in [0.15, 0.2) is 0 Å². The Balaban J connectivity index is 1.31. The fourth-order valence-corrected chi connectivity index (χ4v) is 9.06. The average Bonchev–Trinajstić information content (AvgIpc) is 4.09. The third-order valence-electron chi connectivity index (χ3n) is 12.5. The Bertz CT molecular complexity index is 2430. The first-order valence-corrected chi connectivity index (χ1v) is 22.3. The van der Waals surface area contributed by atoms with Gasteiger partial charge in [-0.05, 0) is 97.7 Å². The second kappa shape index (κ2) is 19.1. The summed E-state index contributed by atoms with van der Waals surface area (Å²) in [7, 11) is 3.17. The molecule has 3 aliphatic heterocycles. The Labute approximate surface area is 374 Å². The number of benzene rings is 2. The number of aromatic nitrogens is 2. The number of esters is 1. The molecule has 5 heterocycles. The topological polar surface area (TPSA) is 206 Å². The first-order valence-electron chi connectivity index (χ1n) is 22.3. The molecule has 5 atom stereocenters. The van der Waals surface area contributed by atoms with Crippen molar-refractivity contribution in [3.63, 3.8) is 0 Å². The Morgan fingerprint density at radius 2 is 1.86 bits per heavy atom. The number of ether oxygens (including phenoxy) is 2. The molecule has 2 aromatic heterocycles. The third kappa shape index (κ3) is 9.93. The number of likely N-dealkylation sites (N-methyl/N-ethyl adjacent to an activating group) is 1. The molecular weight excluding hydrogens is 817 g/mol. The summed E-state index contributed by atoms with van der Waals surface area (Å²) < 4.78 is 14.2. The number of hydrogen-bond donors (Lipinski definition) is 5. The van der Waals surface area contributed by atoms with Crippen molar-refractivity contribution in [2.45, 2.75) is 104 Å². The summed E-state index contributed by atoms with van der Waals surface area (Å²) in [5, 5.41) is 22.1. The van der Waals surface area contributed by atoms with E-state index in [-0.39, 0.29) is 55.8 Å². The van der Waals surface area contributed by atoms with Gasteiger partial charge < -0.3 is 40.0 Å². The fraction of sp³-hybridized carbons (Fsp3) is 0.500. The smallest absolute Gasteiger partial charge is 0.324 e. The number of rotatable bonds is 11. The maximum atomic E-state index is 14.6. The maximum Gasteiger partial charge on any atom is 0.324 e. The van der Waals surface area contributed by atoms with Crippen LogP contribution in [-0.2, 0) is 52.8 Å². The zero-order valence-corrected chi connectivity index (χ0v) is 38.1. The van der Waals surface area contributed by atoms with Crippen LogP contribution < -0.4 is 21.4 Å². The molecule has 342 valence electrons. The fourth-order valence-electron chi connectivity index (χ4n) is 9.06. The van der Waals surface area contributed by atoms with Gasteiger partial charge in [-0.3, -0.25) is 34.0 Å². The summed E-state index contributed by atoms with van der Waals surface area (Å²) in [5.74, 6) is -2.70. The molecule has 0 saturated carbocycles. The van der Waals surface area contributed by atoms with Crippen molar-refractivity contribution < 1.29 is 38.6 Å². The van der Waals surface area contributed by atoms with Gasteiger partial charge >= 0.3 is 5.97 Å². The van der Waals surface area contributed by atoms with E-state index in [1.54, 1.807) is 39.3 Å². The molecule has 0 aliphatic carbocycles. The number of fused-ring (bicyclic) bond motifs is 6. The number of pyridine rings is 1. The van der Waals surface area contributed by atoms with Gasteiger partial charge in [0.25, 0.3) is 5.91 Å². The molecule has 6 bridgehead atoms. The van der Waals surface area contributed by atoms with Crippen molar-refractivity contribution in [1.82, 2.24) is 40.8 Å². The van der Waals surface area contributed by atoms with Crippen LogP contribution in [0.25, 0.3) is 33.3 Å². The van der Waals surface area contributed by atoms with Gasteiger partial charge in [0.1, 0.15) is 23.9 Å². The number of nitrogens with zero attached hydrogens (tertiary/aromatic N) is 4. The van der Waals surface area contributed by atoms with E-state index >= 15 is 0 Å². The van der Waals surface area contributed by atoms with E-state index in [0.29, 0.717) is 43.5 Å². The Hall–Kier alpha value is -5.84. The number of hydrazine groups is 1. The lowest BCUT2D eigenvalue weighted by atomic mass is 9.84. The molecule has 16 nitrogen and oxygen atoms in total. The predicted octanol–water partition coefficient (Wildman–Crippen LogP) is 4.02. The van der Waals surface area contributed by atoms with E-state index in [2.05, 4.69) is 64.9 Å². The highest BCUT2D eigenvalue weighted by Gasteiger charge is 2.38. The van der Waals surface area contributed by atoms with E-state index in [1.165, 1.54) is 17.0 Å². The summed E-state index contributed by atoms with van der Waals surface area (Å²) in [6.07, 6.45) is 2.94. The number of carbonyl (C=O) groups is 5. The summed E-state index contributed by atoms with van der Waals surface area (Å²) in [5.41, 5.74) is 9.47. The van der Waals surface area contributed by atoms with Crippen LogP contribution in [-0.4, -0.2) is 119 Å². The molecule has 7 rings (SSSR count). The van der Waals surface area contributed by atoms with E-state index in [9.17, 15) is 29.1 Å². The Kier molecular flexibility index (Phi) is 13.8. The average molecular weight is 879 g/mol. The molecule has 4 amide bonds. The van der Waals surface area contributed by atoms with Gasteiger partial charge in [-0.1, -0.05) is 39.8 Å². The normalized spacial score (nSPS) is 20.8. The van der Waals surface area contributed by atoms with Crippen LogP contribution in [0.1, 0.15) is 77.3 Å². The van der Waals surface area contributed by atoms with Gasteiger partial charge in [0, 0.05) is 68.3 Å². The van der Waals surface area contributed by atoms with E-state index < -0.39 is 47.2 Å². The SMILES string of the molecule is CCn1c(-c2cccnc2[C@H](C)OC)c2c3cc(ccc31)-c1cc(O)cc(c1)C[C@H](NC(=O)C(C(C)C)N(C)C(=O)CNC(=O)[C@@H]1CN1)C(=O)N1CCC[C@H](N1)C(=O)OCC(C)(C)C2. The van der Waals surface area contributed by atoms with Gasteiger partial charge in [-0.25, -0.2) is 5.43 Å². The maximum absolute atomic E-state index is 14.6. The zero-order valence-electron chi connectivity index (χ0n) is 38.1. The first-order chi connectivity index (χ1) is 30.5. The van der Waals surface area contributed by atoms with Crippen molar-refractivity contribution in [2.24, 2.45) is 11.3 Å². The largest absolute Gasteiger partial charge is 0.508 e. The van der Waals surface area contributed by atoms with Crippen molar-refractivity contribution in [2.75, 3.05) is 40.4 Å². The van der Waals surface area contributed by atoms with Gasteiger partial charge in [0.05, 0.1) is 36.7 Å². The highest BCUT2D eigenvalue weighted by atomic mass is 16.5. The van der Waals surface area contributed by atoms with Crippen molar-refractivity contribution in [1.29, 1.82) is 0 Å². The number of phenolic OH excluding ortho intramolecular Hbond substituents is 1. The minimum atomic E-state index is -1.17. The Morgan fingerprint density at radius 1 is 1.09 bits per heavy atom. The quantitative estimate of drug-likeness (QED) is 0.108. The van der Waals surface area contributed by atoms with Crippen LogP contribution in [0.5, 0.6) is 5.75 Å². The molecule has 4 aromatic rings. The number of methoxy groups -OCH3 is 1. The summed E-state index contributed by atoms with van der Waals surface area (Å²) in [6, 6.07) is 12.1. The summed E-state index contributed by atoms with van der Waals surface area (Å²) in [4.78, 5) is 74.4.